The number of nitrogens with zero attached hydrogens (tertiary/aromatic N) is 1. The lowest BCUT2D eigenvalue weighted by Gasteiger charge is -2.12. The van der Waals surface area contributed by atoms with Gasteiger partial charge in [0.15, 0.2) is 0 Å². The number of benzene rings is 2. The zero-order valence-corrected chi connectivity index (χ0v) is 20.9. The zero-order valence-electron chi connectivity index (χ0n) is 17.7. The van der Waals surface area contributed by atoms with Crippen LogP contribution in [0, 0.1) is 0 Å². The molecule has 2 aromatic carbocycles. The number of rotatable bonds is 4. The first-order chi connectivity index (χ1) is 16.6. The van der Waals surface area contributed by atoms with Gasteiger partial charge in [-0.3, -0.25) is 4.79 Å². The Hall–Kier alpha value is -2.93. The molecule has 5 rings (SSSR count). The lowest BCUT2D eigenvalue weighted by Crippen LogP contribution is -2.35. The molecule has 0 bridgehead atoms. The number of H-pyrrole nitrogens is 1. The molecule has 0 radical (unpaired) electrons. The molecule has 0 spiro atoms. The minimum Gasteiger partial charge on any atom is -0.384 e. The molecule has 3 aromatic rings. The van der Waals surface area contributed by atoms with E-state index in [0.717, 1.165) is 34.1 Å². The molecule has 2 amide bonds. The number of alkyl halides is 1. The monoisotopic (exact) mass is 553 g/mol. The predicted molar refractivity (Wildman–Crippen MR) is 138 cm³/mol. The molecule has 0 saturated heterocycles. The summed E-state index contributed by atoms with van der Waals surface area (Å²) in [5.41, 5.74) is 1.32. The first kappa shape index (κ1) is 23.8. The number of halogens is 2. The first-order valence-electron chi connectivity index (χ1n) is 10.3. The van der Waals surface area contributed by atoms with Gasteiger partial charge in [0.1, 0.15) is 4.24 Å². The van der Waals surface area contributed by atoms with Crippen LogP contribution in [0.25, 0.3) is 16.6 Å². The largest absolute Gasteiger partial charge is 0.384 e. The van der Waals surface area contributed by atoms with Crippen LogP contribution in [-0.2, 0) is 16.4 Å². The van der Waals surface area contributed by atoms with E-state index in [1.165, 1.54) is 24.3 Å². The lowest BCUT2D eigenvalue weighted by molar-refractivity contribution is 0.256. The summed E-state index contributed by atoms with van der Waals surface area (Å²) in [5.74, 6) is 0. The van der Waals surface area contributed by atoms with E-state index in [-0.39, 0.29) is 20.6 Å². The molecule has 0 fully saturated rings. The molecule has 2 aliphatic heterocycles. The number of anilines is 2. The van der Waals surface area contributed by atoms with Crippen LogP contribution in [-0.4, -0.2) is 35.3 Å². The third-order valence-corrected chi connectivity index (χ3v) is 9.22. The van der Waals surface area contributed by atoms with E-state index in [0.29, 0.717) is 23.7 Å². The highest BCUT2D eigenvalue weighted by molar-refractivity contribution is 8.19. The van der Waals surface area contributed by atoms with Gasteiger partial charge in [-0.15, -0.1) is 11.6 Å². The molecule has 1 unspecified atom stereocenters. The smallest absolute Gasteiger partial charge is 0.333 e. The lowest BCUT2D eigenvalue weighted by atomic mass is 10.1. The molecule has 1 aromatic heterocycles. The van der Waals surface area contributed by atoms with Gasteiger partial charge < -0.3 is 15.6 Å². The second-order valence-corrected chi connectivity index (χ2v) is 12.1. The van der Waals surface area contributed by atoms with Gasteiger partial charge in [-0.1, -0.05) is 29.4 Å². The van der Waals surface area contributed by atoms with Crippen molar-refractivity contribution in [2.75, 3.05) is 17.2 Å². The van der Waals surface area contributed by atoms with Gasteiger partial charge in [0, 0.05) is 23.5 Å². The summed E-state index contributed by atoms with van der Waals surface area (Å²) in [6, 6.07) is 6.52. The molecule has 35 heavy (non-hydrogen) atoms. The maximum atomic E-state index is 13.2. The summed E-state index contributed by atoms with van der Waals surface area (Å²) < 4.78 is 27.0. The number of fused-ring (bicyclic) bond motifs is 3. The van der Waals surface area contributed by atoms with Crippen LogP contribution in [0.2, 0.25) is 5.02 Å². The minimum absolute atomic E-state index is 0.000488. The van der Waals surface area contributed by atoms with Crippen molar-refractivity contribution in [2.24, 2.45) is 0 Å². The number of allylic oxidation sites excluding steroid dienone is 1. The van der Waals surface area contributed by atoms with Crippen molar-refractivity contribution < 1.29 is 13.2 Å². The number of thioether (sulfide) groups is 1. The van der Waals surface area contributed by atoms with Crippen LogP contribution < -0.4 is 26.6 Å². The Balaban J connectivity index is 1.42. The van der Waals surface area contributed by atoms with Crippen molar-refractivity contribution in [2.45, 2.75) is 17.6 Å². The standard InChI is InChI=1S/C21H17Cl2N5O5S2/c22-13-9-10(25-20(30)27-35(32,33)17-6-5-16(23)34-17)1-4-15(13)28-19(29)12-2-3-14-11(7-8-24-14)18(12)26-21(28)31/h1-4,6,9,16,24H,5,7-8H2,(H,26,31)(H2,25,27,30). The van der Waals surface area contributed by atoms with Crippen LogP contribution in [0.3, 0.4) is 0 Å². The molecule has 2 aliphatic rings. The summed E-state index contributed by atoms with van der Waals surface area (Å²) in [6.45, 7) is 0.721. The highest BCUT2D eigenvalue weighted by Gasteiger charge is 2.28. The molecular weight excluding hydrogens is 537 g/mol. The predicted octanol–water partition coefficient (Wildman–Crippen LogP) is 3.29. The molecule has 1 atom stereocenters. The van der Waals surface area contributed by atoms with E-state index in [1.54, 1.807) is 12.1 Å². The van der Waals surface area contributed by atoms with Crippen LogP contribution in [0.1, 0.15) is 12.0 Å². The van der Waals surface area contributed by atoms with Crippen LogP contribution >= 0.6 is 35.0 Å². The summed E-state index contributed by atoms with van der Waals surface area (Å²) >= 11 is 13.2. The number of carbonyl (C=O) groups excluding carboxylic acids is 1. The van der Waals surface area contributed by atoms with Gasteiger partial charge in [-0.25, -0.2) is 27.3 Å². The van der Waals surface area contributed by atoms with E-state index in [2.05, 4.69) is 15.6 Å². The number of amides is 2. The fourth-order valence-electron chi connectivity index (χ4n) is 3.99. The fourth-order valence-corrected chi connectivity index (χ4v) is 7.12. The number of aromatic nitrogens is 2. The highest BCUT2D eigenvalue weighted by atomic mass is 35.5. The highest BCUT2D eigenvalue weighted by Crippen LogP contribution is 2.37. The minimum atomic E-state index is -4.06. The number of aromatic amines is 1. The number of hydrogen-bond donors (Lipinski definition) is 4. The third-order valence-electron chi connectivity index (χ3n) is 5.52. The number of nitrogens with one attached hydrogen (secondary N) is 4. The molecule has 182 valence electrons. The van der Waals surface area contributed by atoms with Crippen LogP contribution in [0.5, 0.6) is 0 Å². The van der Waals surface area contributed by atoms with Crippen LogP contribution in [0.15, 0.2) is 50.2 Å². The quantitative estimate of drug-likeness (QED) is 0.363. The summed E-state index contributed by atoms with van der Waals surface area (Å²) in [5, 5.41) is 5.92. The molecule has 3 heterocycles. The Morgan fingerprint density at radius 3 is 2.71 bits per heavy atom. The van der Waals surface area contributed by atoms with Gasteiger partial charge in [-0.05, 0) is 43.2 Å². The average molecular weight is 554 g/mol. The molecule has 10 nitrogen and oxygen atoms in total. The summed E-state index contributed by atoms with van der Waals surface area (Å²) in [6.07, 6.45) is 2.49. The molecule has 4 N–H and O–H groups in total. The van der Waals surface area contributed by atoms with Crippen molar-refractivity contribution in [1.29, 1.82) is 0 Å². The van der Waals surface area contributed by atoms with Gasteiger partial charge in [0.2, 0.25) is 0 Å². The topological polar surface area (TPSA) is 142 Å². The molecule has 0 saturated carbocycles. The van der Waals surface area contributed by atoms with Crippen LogP contribution in [0.4, 0.5) is 16.2 Å². The van der Waals surface area contributed by atoms with E-state index < -0.39 is 32.0 Å². The van der Waals surface area contributed by atoms with Crippen molar-refractivity contribution in [3.05, 3.63) is 72.1 Å². The molecular formula is C21H17Cl2N5O5S2. The van der Waals surface area contributed by atoms with E-state index >= 15 is 0 Å². The van der Waals surface area contributed by atoms with Crippen molar-refractivity contribution in [1.82, 2.24) is 14.3 Å². The maximum absolute atomic E-state index is 13.2. The molecule has 14 heteroatoms. The SMILES string of the molecule is O=C(Nc1ccc(-n2c(=O)[nH]c3c4c(ccc3c2=O)NCC4)c(Cl)c1)NS(=O)(=O)C1=CCC(Cl)S1. The Labute approximate surface area is 212 Å². The number of urea groups is 1. The number of sulfonamides is 1. The van der Waals surface area contributed by atoms with Gasteiger partial charge in [0.25, 0.3) is 15.6 Å². The Bertz CT molecular complexity index is 1650. The zero-order chi connectivity index (χ0) is 24.9. The molecule has 0 aliphatic carbocycles. The Morgan fingerprint density at radius 1 is 1.20 bits per heavy atom. The van der Waals surface area contributed by atoms with Gasteiger partial charge in [0.05, 0.1) is 26.3 Å². The third kappa shape index (κ3) is 4.42. The Morgan fingerprint density at radius 2 is 2.00 bits per heavy atom. The summed E-state index contributed by atoms with van der Waals surface area (Å²) in [7, 11) is -4.06. The second-order valence-electron chi connectivity index (χ2n) is 7.77. The van der Waals surface area contributed by atoms with Gasteiger partial charge in [-0.2, -0.15) is 0 Å². The second kappa shape index (κ2) is 8.94. The Kier molecular flexibility index (Phi) is 6.08. The fraction of sp³-hybridized carbons (Fsp3) is 0.190. The average Bonchev–Trinajstić information content (AvgIpc) is 3.44. The van der Waals surface area contributed by atoms with Crippen molar-refractivity contribution >= 4 is 73.3 Å². The van der Waals surface area contributed by atoms with E-state index in [9.17, 15) is 22.8 Å². The normalized spacial score (nSPS) is 17.1. The van der Waals surface area contributed by atoms with E-state index in [1.807, 2.05) is 4.72 Å². The van der Waals surface area contributed by atoms with Gasteiger partial charge >= 0.3 is 11.7 Å². The maximum Gasteiger partial charge on any atom is 0.333 e. The first-order valence-corrected chi connectivity index (χ1v) is 13.5. The number of hydrogen-bond acceptors (Lipinski definition) is 7. The summed E-state index contributed by atoms with van der Waals surface area (Å²) in [4.78, 5) is 41.0. The number of carbonyl (C=O) groups is 1. The van der Waals surface area contributed by atoms with Crippen molar-refractivity contribution in [3.8, 4) is 5.69 Å². The van der Waals surface area contributed by atoms with Crippen molar-refractivity contribution in [3.63, 3.8) is 0 Å². The van der Waals surface area contributed by atoms with E-state index in [4.69, 9.17) is 23.2 Å².